The molecule has 1 saturated heterocycles. The second-order valence-electron chi connectivity index (χ2n) is 4.24. The van der Waals surface area contributed by atoms with E-state index in [-0.39, 0.29) is 5.78 Å². The SMILES string of the molecule is Cn1cc(C(=O)CC2CCCNC2)cn1. The molecule has 1 aliphatic heterocycles. The van der Waals surface area contributed by atoms with Gasteiger partial charge in [0.2, 0.25) is 0 Å². The molecule has 4 heteroatoms. The third-order valence-electron chi connectivity index (χ3n) is 2.90. The van der Waals surface area contributed by atoms with Crippen LogP contribution in [0, 0.1) is 5.92 Å². The third-order valence-corrected chi connectivity index (χ3v) is 2.90. The molecule has 1 aromatic rings. The molecule has 0 bridgehead atoms. The van der Waals surface area contributed by atoms with Crippen molar-refractivity contribution in [3.05, 3.63) is 18.0 Å². The number of aryl methyl sites for hydroxylation is 1. The van der Waals surface area contributed by atoms with Crippen LogP contribution in [0.25, 0.3) is 0 Å². The van der Waals surface area contributed by atoms with Crippen LogP contribution in [0.2, 0.25) is 0 Å². The average Bonchev–Trinajstić information content (AvgIpc) is 2.66. The fourth-order valence-electron chi connectivity index (χ4n) is 2.04. The Labute approximate surface area is 89.7 Å². The van der Waals surface area contributed by atoms with Gasteiger partial charge in [0.25, 0.3) is 0 Å². The van der Waals surface area contributed by atoms with Gasteiger partial charge < -0.3 is 5.32 Å². The Bertz CT molecular complexity index is 339. The maximum absolute atomic E-state index is 11.8. The number of hydrogen-bond donors (Lipinski definition) is 1. The maximum atomic E-state index is 11.8. The van der Waals surface area contributed by atoms with E-state index in [1.54, 1.807) is 17.1 Å². The quantitative estimate of drug-likeness (QED) is 0.752. The molecule has 82 valence electrons. The predicted molar refractivity (Wildman–Crippen MR) is 57.7 cm³/mol. The minimum atomic E-state index is 0.219. The summed E-state index contributed by atoms with van der Waals surface area (Å²) >= 11 is 0. The Hall–Kier alpha value is -1.16. The summed E-state index contributed by atoms with van der Waals surface area (Å²) in [4.78, 5) is 11.8. The first-order valence-corrected chi connectivity index (χ1v) is 5.48. The third kappa shape index (κ3) is 2.65. The lowest BCUT2D eigenvalue weighted by molar-refractivity contribution is 0.0954. The fraction of sp³-hybridized carbons (Fsp3) is 0.636. The van der Waals surface area contributed by atoms with Gasteiger partial charge in [0.05, 0.1) is 11.8 Å². The zero-order valence-corrected chi connectivity index (χ0v) is 9.07. The molecule has 1 aromatic heterocycles. The molecule has 2 heterocycles. The second kappa shape index (κ2) is 4.57. The summed E-state index contributed by atoms with van der Waals surface area (Å²) in [5, 5.41) is 7.33. The van der Waals surface area contributed by atoms with Crippen LogP contribution in [-0.4, -0.2) is 28.7 Å². The lowest BCUT2D eigenvalue weighted by atomic mass is 9.93. The number of aromatic nitrogens is 2. The highest BCUT2D eigenvalue weighted by Crippen LogP contribution is 2.16. The van der Waals surface area contributed by atoms with Crippen LogP contribution < -0.4 is 5.32 Å². The highest BCUT2D eigenvalue weighted by molar-refractivity contribution is 5.95. The Kier molecular flexibility index (Phi) is 3.16. The van der Waals surface area contributed by atoms with Gasteiger partial charge >= 0.3 is 0 Å². The molecular weight excluding hydrogens is 190 g/mol. The van der Waals surface area contributed by atoms with Crippen LogP contribution in [0.4, 0.5) is 0 Å². The van der Waals surface area contributed by atoms with E-state index in [4.69, 9.17) is 0 Å². The van der Waals surface area contributed by atoms with E-state index in [9.17, 15) is 4.79 Å². The van der Waals surface area contributed by atoms with Crippen LogP contribution >= 0.6 is 0 Å². The van der Waals surface area contributed by atoms with E-state index in [2.05, 4.69) is 10.4 Å². The first-order chi connectivity index (χ1) is 7.25. The predicted octanol–water partition coefficient (Wildman–Crippen LogP) is 0.992. The van der Waals surface area contributed by atoms with Gasteiger partial charge in [-0.15, -0.1) is 0 Å². The summed E-state index contributed by atoms with van der Waals surface area (Å²) in [6.45, 7) is 2.07. The van der Waals surface area contributed by atoms with Crippen molar-refractivity contribution in [2.75, 3.05) is 13.1 Å². The van der Waals surface area contributed by atoms with Gasteiger partial charge in [-0.1, -0.05) is 0 Å². The normalized spacial score (nSPS) is 21.5. The van der Waals surface area contributed by atoms with Gasteiger partial charge in [-0.2, -0.15) is 5.10 Å². The molecule has 4 nitrogen and oxygen atoms in total. The minimum Gasteiger partial charge on any atom is -0.316 e. The van der Waals surface area contributed by atoms with Gasteiger partial charge in [-0.25, -0.2) is 0 Å². The summed E-state index contributed by atoms with van der Waals surface area (Å²) in [6.07, 6.45) is 6.44. The Balaban J connectivity index is 1.91. The summed E-state index contributed by atoms with van der Waals surface area (Å²) in [6, 6.07) is 0. The Morgan fingerprint density at radius 3 is 3.20 bits per heavy atom. The highest BCUT2D eigenvalue weighted by Gasteiger charge is 2.18. The lowest BCUT2D eigenvalue weighted by Gasteiger charge is -2.21. The zero-order valence-electron chi connectivity index (χ0n) is 9.07. The first kappa shape index (κ1) is 10.4. The topological polar surface area (TPSA) is 46.9 Å². The van der Waals surface area contributed by atoms with Crippen LogP contribution in [0.3, 0.4) is 0 Å². The van der Waals surface area contributed by atoms with E-state index in [0.29, 0.717) is 12.3 Å². The molecule has 0 amide bonds. The number of ketones is 1. The van der Waals surface area contributed by atoms with Crippen molar-refractivity contribution in [1.29, 1.82) is 0 Å². The Morgan fingerprint density at radius 1 is 1.73 bits per heavy atom. The number of piperidine rings is 1. The number of rotatable bonds is 3. The van der Waals surface area contributed by atoms with Crippen molar-refractivity contribution >= 4 is 5.78 Å². The molecule has 15 heavy (non-hydrogen) atoms. The van der Waals surface area contributed by atoms with Crippen molar-refractivity contribution in [2.45, 2.75) is 19.3 Å². The van der Waals surface area contributed by atoms with Crippen LogP contribution in [0.15, 0.2) is 12.4 Å². The molecule has 2 rings (SSSR count). The molecule has 1 unspecified atom stereocenters. The van der Waals surface area contributed by atoms with Gasteiger partial charge in [0, 0.05) is 19.7 Å². The summed E-state index contributed by atoms with van der Waals surface area (Å²) in [7, 11) is 1.83. The summed E-state index contributed by atoms with van der Waals surface area (Å²) in [5.41, 5.74) is 0.739. The molecule has 1 aliphatic rings. The average molecular weight is 207 g/mol. The number of nitrogens with one attached hydrogen (secondary N) is 1. The number of carbonyl (C=O) groups is 1. The van der Waals surface area contributed by atoms with Crippen LogP contribution in [-0.2, 0) is 7.05 Å². The van der Waals surface area contributed by atoms with Crippen molar-refractivity contribution in [1.82, 2.24) is 15.1 Å². The number of carbonyl (C=O) groups excluding carboxylic acids is 1. The molecule has 1 fully saturated rings. The van der Waals surface area contributed by atoms with E-state index in [1.165, 1.54) is 12.8 Å². The van der Waals surface area contributed by atoms with E-state index >= 15 is 0 Å². The van der Waals surface area contributed by atoms with Gasteiger partial charge in [-0.3, -0.25) is 9.48 Å². The second-order valence-corrected chi connectivity index (χ2v) is 4.24. The molecule has 1 atom stereocenters. The highest BCUT2D eigenvalue weighted by atomic mass is 16.1. The lowest BCUT2D eigenvalue weighted by Crippen LogP contribution is -2.31. The zero-order chi connectivity index (χ0) is 10.7. The molecule has 0 aliphatic carbocycles. The van der Waals surface area contributed by atoms with Crippen molar-refractivity contribution in [2.24, 2.45) is 13.0 Å². The van der Waals surface area contributed by atoms with Crippen molar-refractivity contribution < 1.29 is 4.79 Å². The van der Waals surface area contributed by atoms with Gasteiger partial charge in [-0.05, 0) is 31.8 Å². The van der Waals surface area contributed by atoms with Crippen LogP contribution in [0.1, 0.15) is 29.6 Å². The van der Waals surface area contributed by atoms with E-state index in [1.807, 2.05) is 7.05 Å². The molecule has 0 radical (unpaired) electrons. The largest absolute Gasteiger partial charge is 0.316 e. The van der Waals surface area contributed by atoms with E-state index < -0.39 is 0 Å². The molecule has 0 spiro atoms. The van der Waals surface area contributed by atoms with E-state index in [0.717, 1.165) is 18.7 Å². The standard InChI is InChI=1S/C11H17N3O/c1-14-8-10(7-13-14)11(15)5-9-3-2-4-12-6-9/h7-9,12H,2-6H2,1H3. The number of nitrogens with zero attached hydrogens (tertiary/aromatic N) is 2. The van der Waals surface area contributed by atoms with Crippen LogP contribution in [0.5, 0.6) is 0 Å². The minimum absolute atomic E-state index is 0.219. The first-order valence-electron chi connectivity index (χ1n) is 5.48. The summed E-state index contributed by atoms with van der Waals surface area (Å²) < 4.78 is 1.67. The molecule has 0 aromatic carbocycles. The summed E-state index contributed by atoms with van der Waals surface area (Å²) in [5.74, 6) is 0.725. The smallest absolute Gasteiger partial charge is 0.166 e. The molecule has 0 saturated carbocycles. The number of Topliss-reactive ketones (excluding diaryl/α,β-unsaturated/α-hetero) is 1. The maximum Gasteiger partial charge on any atom is 0.166 e. The monoisotopic (exact) mass is 207 g/mol. The van der Waals surface area contributed by atoms with Crippen molar-refractivity contribution in [3.63, 3.8) is 0 Å². The van der Waals surface area contributed by atoms with Gasteiger partial charge in [0.1, 0.15) is 0 Å². The molecule has 1 N–H and O–H groups in total. The molecular formula is C11H17N3O. The number of hydrogen-bond acceptors (Lipinski definition) is 3. The Morgan fingerprint density at radius 2 is 2.60 bits per heavy atom. The van der Waals surface area contributed by atoms with Gasteiger partial charge in [0.15, 0.2) is 5.78 Å². The fourth-order valence-corrected chi connectivity index (χ4v) is 2.04. The van der Waals surface area contributed by atoms with Crippen molar-refractivity contribution in [3.8, 4) is 0 Å².